The van der Waals surface area contributed by atoms with Gasteiger partial charge in [0.1, 0.15) is 0 Å². The van der Waals surface area contributed by atoms with E-state index in [1.807, 2.05) is 0 Å². The second kappa shape index (κ2) is 10.1. The molecule has 0 heterocycles. The number of methoxy groups -OCH3 is 2. The van der Waals surface area contributed by atoms with Gasteiger partial charge in [-0.3, -0.25) is 4.79 Å². The third-order valence-electron chi connectivity index (χ3n) is 3.66. The average molecular weight is 446 g/mol. The second-order valence-electron chi connectivity index (χ2n) is 5.48. The van der Waals surface area contributed by atoms with Crippen LogP contribution in [0.4, 0.5) is 0 Å². The van der Waals surface area contributed by atoms with Gasteiger partial charge in [0.25, 0.3) is 0 Å². The number of nitrogens with one attached hydrogen (secondary N) is 1. The van der Waals surface area contributed by atoms with Crippen molar-refractivity contribution in [1.82, 2.24) is 5.32 Å². The molecule has 8 nitrogen and oxygen atoms in total. The molecule has 1 N–H and O–H groups in total. The molecule has 0 aliphatic heterocycles. The normalized spacial score (nSPS) is 10.7. The van der Waals surface area contributed by atoms with Crippen LogP contribution in [-0.4, -0.2) is 50.8 Å². The lowest BCUT2D eigenvalue weighted by atomic mass is 9.90. The standard InChI is InChI=1S/C18H24BrNO7/c1-6-26-16(22)18(20-11(3)21,17(23)27-7-2)10-12-8-9-13(24-4)15(25-5)14(12)19/h8-9H,6-7,10H2,1-5H3,(H,20,21). The Kier molecular flexibility index (Phi) is 8.55. The quantitative estimate of drug-likeness (QED) is 0.458. The van der Waals surface area contributed by atoms with Crippen LogP contribution in [0.25, 0.3) is 0 Å². The zero-order valence-electron chi connectivity index (χ0n) is 16.0. The molecule has 1 rings (SSSR count). The zero-order chi connectivity index (χ0) is 20.6. The van der Waals surface area contributed by atoms with Crippen LogP contribution in [0.15, 0.2) is 16.6 Å². The summed E-state index contributed by atoms with van der Waals surface area (Å²) in [6.45, 7) is 4.48. The van der Waals surface area contributed by atoms with Gasteiger partial charge in [-0.05, 0) is 41.4 Å². The summed E-state index contributed by atoms with van der Waals surface area (Å²) in [5.41, 5.74) is -1.51. The molecule has 9 heteroatoms. The third kappa shape index (κ3) is 5.12. The van der Waals surface area contributed by atoms with Gasteiger partial charge in [0.15, 0.2) is 11.5 Å². The van der Waals surface area contributed by atoms with E-state index in [0.717, 1.165) is 0 Å². The molecule has 0 radical (unpaired) electrons. The summed E-state index contributed by atoms with van der Waals surface area (Å²) < 4.78 is 21.2. The minimum absolute atomic E-state index is 0.0344. The number of hydrogen-bond donors (Lipinski definition) is 1. The maximum absolute atomic E-state index is 12.7. The fourth-order valence-corrected chi connectivity index (χ4v) is 3.16. The number of rotatable bonds is 9. The third-order valence-corrected chi connectivity index (χ3v) is 4.53. The first kappa shape index (κ1) is 22.8. The molecule has 0 spiro atoms. The van der Waals surface area contributed by atoms with Crippen molar-refractivity contribution in [1.29, 1.82) is 0 Å². The monoisotopic (exact) mass is 445 g/mol. The van der Waals surface area contributed by atoms with Gasteiger partial charge >= 0.3 is 11.9 Å². The molecule has 0 saturated carbocycles. The van der Waals surface area contributed by atoms with Gasteiger partial charge in [-0.2, -0.15) is 0 Å². The molecule has 150 valence electrons. The van der Waals surface area contributed by atoms with Crippen LogP contribution in [0.1, 0.15) is 26.3 Å². The maximum atomic E-state index is 12.7. The van der Waals surface area contributed by atoms with Crippen LogP contribution in [0.5, 0.6) is 11.5 Å². The van der Waals surface area contributed by atoms with E-state index < -0.39 is 23.4 Å². The lowest BCUT2D eigenvalue weighted by Crippen LogP contribution is -2.62. The van der Waals surface area contributed by atoms with Gasteiger partial charge in [-0.15, -0.1) is 0 Å². The summed E-state index contributed by atoms with van der Waals surface area (Å²) in [6, 6.07) is 3.29. The van der Waals surface area contributed by atoms with E-state index in [9.17, 15) is 14.4 Å². The number of ether oxygens (including phenoxy) is 4. The van der Waals surface area contributed by atoms with Crippen molar-refractivity contribution < 1.29 is 33.3 Å². The summed E-state index contributed by atoms with van der Waals surface area (Å²) in [4.78, 5) is 37.2. The lowest BCUT2D eigenvalue weighted by molar-refractivity contribution is -0.168. The van der Waals surface area contributed by atoms with Gasteiger partial charge in [0.2, 0.25) is 11.4 Å². The van der Waals surface area contributed by atoms with Crippen molar-refractivity contribution in [3.8, 4) is 11.5 Å². The Balaban J connectivity index is 3.53. The van der Waals surface area contributed by atoms with Crippen molar-refractivity contribution in [3.63, 3.8) is 0 Å². The Morgan fingerprint density at radius 2 is 1.59 bits per heavy atom. The number of benzene rings is 1. The highest BCUT2D eigenvalue weighted by Gasteiger charge is 2.50. The van der Waals surface area contributed by atoms with E-state index in [2.05, 4.69) is 21.2 Å². The number of hydrogen-bond acceptors (Lipinski definition) is 7. The van der Waals surface area contributed by atoms with Gasteiger partial charge in [-0.25, -0.2) is 9.59 Å². The zero-order valence-corrected chi connectivity index (χ0v) is 17.6. The minimum Gasteiger partial charge on any atom is -0.493 e. The van der Waals surface area contributed by atoms with Crippen LogP contribution < -0.4 is 14.8 Å². The Morgan fingerprint density at radius 3 is 2.00 bits per heavy atom. The van der Waals surface area contributed by atoms with Gasteiger partial charge in [0, 0.05) is 13.3 Å². The molecule has 1 aromatic rings. The van der Waals surface area contributed by atoms with Gasteiger partial charge < -0.3 is 24.3 Å². The molecule has 0 unspecified atom stereocenters. The highest BCUT2D eigenvalue weighted by atomic mass is 79.9. The predicted octanol–water partition coefficient (Wildman–Crippen LogP) is 2.01. The fraction of sp³-hybridized carbons (Fsp3) is 0.500. The highest BCUT2D eigenvalue weighted by molar-refractivity contribution is 9.10. The largest absolute Gasteiger partial charge is 0.493 e. The minimum atomic E-state index is -2.03. The molecule has 27 heavy (non-hydrogen) atoms. The van der Waals surface area contributed by atoms with Crippen molar-refractivity contribution in [3.05, 3.63) is 22.2 Å². The first-order valence-corrected chi connectivity index (χ1v) is 9.09. The van der Waals surface area contributed by atoms with E-state index in [0.29, 0.717) is 21.5 Å². The SMILES string of the molecule is CCOC(=O)C(Cc1ccc(OC)c(OC)c1Br)(NC(C)=O)C(=O)OCC. The Labute approximate surface area is 166 Å². The van der Waals surface area contributed by atoms with Crippen LogP contribution >= 0.6 is 15.9 Å². The first-order chi connectivity index (χ1) is 12.8. The summed E-state index contributed by atoms with van der Waals surface area (Å²) in [7, 11) is 2.95. The fourth-order valence-electron chi connectivity index (χ4n) is 2.54. The van der Waals surface area contributed by atoms with E-state index in [-0.39, 0.29) is 19.6 Å². The van der Waals surface area contributed by atoms with Gasteiger partial charge in [-0.1, -0.05) is 6.07 Å². The smallest absolute Gasteiger partial charge is 0.344 e. The van der Waals surface area contributed by atoms with Gasteiger partial charge in [0.05, 0.1) is 31.9 Å². The van der Waals surface area contributed by atoms with Crippen molar-refractivity contribution in [2.24, 2.45) is 0 Å². The summed E-state index contributed by atoms with van der Waals surface area (Å²) in [5.74, 6) is -1.53. The van der Waals surface area contributed by atoms with E-state index in [1.165, 1.54) is 21.1 Å². The molecule has 0 bridgehead atoms. The Hall–Kier alpha value is -2.29. The van der Waals surface area contributed by atoms with Crippen molar-refractivity contribution in [2.75, 3.05) is 27.4 Å². The molecule has 0 fully saturated rings. The number of esters is 2. The van der Waals surface area contributed by atoms with E-state index in [4.69, 9.17) is 18.9 Å². The van der Waals surface area contributed by atoms with Crippen molar-refractivity contribution in [2.45, 2.75) is 32.7 Å². The molecule has 0 aromatic heterocycles. The van der Waals surface area contributed by atoms with Crippen LogP contribution in [-0.2, 0) is 30.3 Å². The number of amides is 1. The number of carbonyl (C=O) groups is 3. The first-order valence-electron chi connectivity index (χ1n) is 8.29. The predicted molar refractivity (Wildman–Crippen MR) is 101 cm³/mol. The maximum Gasteiger partial charge on any atom is 0.344 e. The summed E-state index contributed by atoms with van der Waals surface area (Å²) in [6.07, 6.45) is -0.203. The molecular weight excluding hydrogens is 422 g/mol. The van der Waals surface area contributed by atoms with E-state index >= 15 is 0 Å². The number of carbonyl (C=O) groups excluding carboxylic acids is 3. The molecule has 1 aromatic carbocycles. The Morgan fingerprint density at radius 1 is 1.04 bits per heavy atom. The van der Waals surface area contributed by atoms with Crippen LogP contribution in [0, 0.1) is 0 Å². The topological polar surface area (TPSA) is 100 Å². The van der Waals surface area contributed by atoms with Crippen molar-refractivity contribution >= 4 is 33.8 Å². The van der Waals surface area contributed by atoms with Crippen LogP contribution in [0.3, 0.4) is 0 Å². The summed E-state index contributed by atoms with van der Waals surface area (Å²) >= 11 is 3.41. The molecule has 0 atom stereocenters. The molecule has 1 amide bonds. The highest BCUT2D eigenvalue weighted by Crippen LogP contribution is 2.39. The Bertz CT molecular complexity index is 687. The van der Waals surface area contributed by atoms with Crippen LogP contribution in [0.2, 0.25) is 0 Å². The molecule has 0 aliphatic rings. The molecule has 0 aliphatic carbocycles. The molecule has 0 saturated heterocycles. The summed E-state index contributed by atoms with van der Waals surface area (Å²) in [5, 5.41) is 2.42. The van der Waals surface area contributed by atoms with E-state index in [1.54, 1.807) is 26.0 Å². The lowest BCUT2D eigenvalue weighted by Gasteiger charge is -2.30. The molecular formula is C18H24BrNO7. The number of halogens is 1. The average Bonchev–Trinajstić information content (AvgIpc) is 2.62. The second-order valence-corrected chi connectivity index (χ2v) is 6.27.